The minimum absolute atomic E-state index is 0.0584. The molecule has 3 rings (SSSR count). The van der Waals surface area contributed by atoms with Gasteiger partial charge < -0.3 is 9.72 Å². The highest BCUT2D eigenvalue weighted by Gasteiger charge is 2.30. The summed E-state index contributed by atoms with van der Waals surface area (Å²) in [5.41, 5.74) is -0.0970. The molecule has 0 saturated heterocycles. The number of pyridine rings is 1. The molecule has 8 heteroatoms. The molecule has 1 aromatic carbocycles. The highest BCUT2D eigenvalue weighted by atomic mass is 79.9. The second-order valence-electron chi connectivity index (χ2n) is 4.77. The number of anilines is 1. The van der Waals surface area contributed by atoms with Gasteiger partial charge in [-0.25, -0.2) is 4.98 Å². The molecule has 0 aliphatic rings. The van der Waals surface area contributed by atoms with Gasteiger partial charge in [0.2, 0.25) is 0 Å². The SMILES string of the molecule is O=C(Nc1cccc(C(F)(F)F)c1)c1cn2cc(Br)ccc2n1. The lowest BCUT2D eigenvalue weighted by molar-refractivity contribution is -0.137. The molecule has 3 aromatic rings. The van der Waals surface area contributed by atoms with Crippen molar-refractivity contribution in [3.63, 3.8) is 0 Å². The number of alkyl halides is 3. The van der Waals surface area contributed by atoms with Crippen molar-refractivity contribution in [3.8, 4) is 0 Å². The average molecular weight is 384 g/mol. The number of nitrogens with zero attached hydrogens (tertiary/aromatic N) is 2. The first-order valence-electron chi connectivity index (χ1n) is 6.46. The number of benzene rings is 1. The third-order valence-electron chi connectivity index (χ3n) is 3.10. The number of halogens is 4. The molecule has 0 saturated carbocycles. The number of hydrogen-bond donors (Lipinski definition) is 1. The van der Waals surface area contributed by atoms with Crippen LogP contribution in [0.1, 0.15) is 16.1 Å². The predicted molar refractivity (Wildman–Crippen MR) is 82.3 cm³/mol. The zero-order valence-electron chi connectivity index (χ0n) is 11.4. The summed E-state index contributed by atoms with van der Waals surface area (Å²) < 4.78 is 40.5. The summed E-state index contributed by atoms with van der Waals surface area (Å²) in [7, 11) is 0. The summed E-state index contributed by atoms with van der Waals surface area (Å²) in [5, 5.41) is 2.42. The minimum Gasteiger partial charge on any atom is -0.321 e. The minimum atomic E-state index is -4.46. The number of aromatic nitrogens is 2. The fraction of sp³-hybridized carbons (Fsp3) is 0.0667. The molecule has 118 valence electrons. The van der Waals surface area contributed by atoms with Gasteiger partial charge in [0, 0.05) is 22.6 Å². The Hall–Kier alpha value is -2.35. The lowest BCUT2D eigenvalue weighted by Gasteiger charge is -2.09. The third-order valence-corrected chi connectivity index (χ3v) is 3.56. The Balaban J connectivity index is 1.86. The van der Waals surface area contributed by atoms with E-state index in [1.807, 2.05) is 0 Å². The molecule has 0 bridgehead atoms. The molecular weight excluding hydrogens is 375 g/mol. The molecule has 2 aromatic heterocycles. The number of carbonyl (C=O) groups excluding carboxylic acids is 1. The summed E-state index contributed by atoms with van der Waals surface area (Å²) in [6.45, 7) is 0. The monoisotopic (exact) mass is 383 g/mol. The van der Waals surface area contributed by atoms with Crippen LogP contribution in [0.4, 0.5) is 18.9 Å². The van der Waals surface area contributed by atoms with Crippen LogP contribution in [0.2, 0.25) is 0 Å². The smallest absolute Gasteiger partial charge is 0.321 e. The highest BCUT2D eigenvalue weighted by Crippen LogP contribution is 2.30. The van der Waals surface area contributed by atoms with Crippen LogP contribution < -0.4 is 5.32 Å². The second-order valence-corrected chi connectivity index (χ2v) is 5.69. The largest absolute Gasteiger partial charge is 0.416 e. The first-order chi connectivity index (χ1) is 10.8. The van der Waals surface area contributed by atoms with Crippen molar-refractivity contribution in [2.75, 3.05) is 5.32 Å². The Morgan fingerprint density at radius 2 is 1.96 bits per heavy atom. The van der Waals surface area contributed by atoms with Crippen LogP contribution in [-0.4, -0.2) is 15.3 Å². The van der Waals surface area contributed by atoms with Crippen molar-refractivity contribution in [2.24, 2.45) is 0 Å². The molecule has 0 fully saturated rings. The normalized spacial score (nSPS) is 11.7. The van der Waals surface area contributed by atoms with Gasteiger partial charge in [-0.1, -0.05) is 6.07 Å². The Kier molecular flexibility index (Phi) is 3.85. The number of nitrogens with one attached hydrogen (secondary N) is 1. The van der Waals surface area contributed by atoms with E-state index in [0.29, 0.717) is 5.65 Å². The number of hydrogen-bond acceptors (Lipinski definition) is 2. The Morgan fingerprint density at radius 1 is 1.17 bits per heavy atom. The zero-order chi connectivity index (χ0) is 16.6. The van der Waals surface area contributed by atoms with E-state index in [4.69, 9.17) is 0 Å². The number of fused-ring (bicyclic) bond motifs is 1. The van der Waals surface area contributed by atoms with Crippen LogP contribution >= 0.6 is 15.9 Å². The topological polar surface area (TPSA) is 46.4 Å². The molecule has 2 heterocycles. The summed E-state index contributed by atoms with van der Waals surface area (Å²) in [5.74, 6) is -0.579. The fourth-order valence-electron chi connectivity index (χ4n) is 2.04. The highest BCUT2D eigenvalue weighted by molar-refractivity contribution is 9.10. The van der Waals surface area contributed by atoms with Gasteiger partial charge in [0.1, 0.15) is 11.3 Å². The first-order valence-corrected chi connectivity index (χ1v) is 7.25. The lowest BCUT2D eigenvalue weighted by atomic mass is 10.2. The van der Waals surface area contributed by atoms with E-state index in [1.165, 1.54) is 18.3 Å². The molecule has 4 nitrogen and oxygen atoms in total. The molecule has 0 atom stereocenters. The van der Waals surface area contributed by atoms with Crippen molar-refractivity contribution in [3.05, 3.63) is 64.5 Å². The van der Waals surface area contributed by atoms with Gasteiger partial charge in [-0.05, 0) is 46.3 Å². The Bertz CT molecular complexity index is 889. The lowest BCUT2D eigenvalue weighted by Crippen LogP contribution is -2.13. The van der Waals surface area contributed by atoms with E-state index in [1.54, 1.807) is 22.7 Å². The summed E-state index contributed by atoms with van der Waals surface area (Å²) in [6, 6.07) is 7.93. The summed E-state index contributed by atoms with van der Waals surface area (Å²) in [6.07, 6.45) is -1.23. The maximum absolute atomic E-state index is 12.7. The van der Waals surface area contributed by atoms with Crippen LogP contribution in [0.5, 0.6) is 0 Å². The van der Waals surface area contributed by atoms with Crippen LogP contribution in [-0.2, 0) is 6.18 Å². The molecule has 1 amide bonds. The number of carbonyl (C=O) groups is 1. The molecule has 1 N–H and O–H groups in total. The Labute approximate surface area is 137 Å². The van der Waals surface area contributed by atoms with Crippen LogP contribution in [0.15, 0.2) is 53.3 Å². The van der Waals surface area contributed by atoms with Gasteiger partial charge in [-0.2, -0.15) is 13.2 Å². The van der Waals surface area contributed by atoms with Crippen LogP contribution in [0.25, 0.3) is 5.65 Å². The Morgan fingerprint density at radius 3 is 2.70 bits per heavy atom. The van der Waals surface area contributed by atoms with Crippen LogP contribution in [0.3, 0.4) is 0 Å². The van der Waals surface area contributed by atoms with Crippen LogP contribution in [0, 0.1) is 0 Å². The van der Waals surface area contributed by atoms with Crippen molar-refractivity contribution in [1.29, 1.82) is 0 Å². The molecule has 0 radical (unpaired) electrons. The second kappa shape index (κ2) is 5.69. The van der Waals surface area contributed by atoms with Gasteiger partial charge in [-0.15, -0.1) is 0 Å². The number of amides is 1. The first kappa shape index (κ1) is 15.5. The summed E-state index contributed by atoms with van der Waals surface area (Å²) >= 11 is 3.30. The molecule has 0 spiro atoms. The average Bonchev–Trinajstić information content (AvgIpc) is 2.90. The molecular formula is C15H9BrF3N3O. The number of rotatable bonds is 2. The van der Waals surface area contributed by atoms with Gasteiger partial charge in [-0.3, -0.25) is 4.79 Å². The van der Waals surface area contributed by atoms with E-state index in [0.717, 1.165) is 16.6 Å². The van der Waals surface area contributed by atoms with Gasteiger partial charge in [0.15, 0.2) is 0 Å². The molecule has 23 heavy (non-hydrogen) atoms. The van der Waals surface area contributed by atoms with Crippen molar-refractivity contribution >= 4 is 33.2 Å². The molecule has 0 unspecified atom stereocenters. The van der Waals surface area contributed by atoms with E-state index in [-0.39, 0.29) is 11.4 Å². The maximum atomic E-state index is 12.7. The van der Waals surface area contributed by atoms with Gasteiger partial charge >= 0.3 is 6.18 Å². The molecule has 0 aliphatic carbocycles. The van der Waals surface area contributed by atoms with E-state index >= 15 is 0 Å². The quantitative estimate of drug-likeness (QED) is 0.714. The van der Waals surface area contributed by atoms with E-state index in [9.17, 15) is 18.0 Å². The third kappa shape index (κ3) is 3.37. The maximum Gasteiger partial charge on any atom is 0.416 e. The van der Waals surface area contributed by atoms with Crippen molar-refractivity contribution < 1.29 is 18.0 Å². The number of imidazole rings is 1. The summed E-state index contributed by atoms with van der Waals surface area (Å²) in [4.78, 5) is 16.3. The van der Waals surface area contributed by atoms with Crippen molar-refractivity contribution in [1.82, 2.24) is 9.38 Å². The van der Waals surface area contributed by atoms with Gasteiger partial charge in [0.05, 0.1) is 5.56 Å². The standard InChI is InChI=1S/C15H9BrF3N3O/c16-10-4-5-13-21-12(8-22(13)7-10)14(23)20-11-3-1-2-9(6-11)15(17,18)19/h1-8H,(H,20,23). The fourth-order valence-corrected chi connectivity index (χ4v) is 2.40. The predicted octanol–water partition coefficient (Wildman–Crippen LogP) is 4.37. The van der Waals surface area contributed by atoms with E-state index < -0.39 is 17.6 Å². The van der Waals surface area contributed by atoms with Gasteiger partial charge in [0.25, 0.3) is 5.91 Å². The molecule has 0 aliphatic heterocycles. The van der Waals surface area contributed by atoms with E-state index in [2.05, 4.69) is 26.2 Å². The zero-order valence-corrected chi connectivity index (χ0v) is 13.0. The van der Waals surface area contributed by atoms with Crippen molar-refractivity contribution in [2.45, 2.75) is 6.18 Å².